The molecule has 0 amide bonds. The van der Waals surface area contributed by atoms with Gasteiger partial charge in [0.1, 0.15) is 21.3 Å². The number of unbranched alkanes of at least 4 members (excludes halogenated alkanes) is 2. The number of rotatable bonds is 7. The average molecular weight is 451 g/mol. The fourth-order valence-corrected chi connectivity index (χ4v) is 5.60. The van der Waals surface area contributed by atoms with Gasteiger partial charge in [-0.3, -0.25) is 0 Å². The molecule has 0 spiro atoms. The smallest absolute Gasteiger partial charge is 0.222 e. The minimum atomic E-state index is -4.11. The Hall–Kier alpha value is -2.12. The fourth-order valence-electron chi connectivity index (χ4n) is 4.02. The monoisotopic (exact) mass is 450 g/mol. The van der Waals surface area contributed by atoms with Crippen LogP contribution in [-0.2, 0) is 16.3 Å². The lowest BCUT2D eigenvalue weighted by molar-refractivity contribution is 0.416. The molecule has 2 N–H and O–H groups in total. The zero-order chi connectivity index (χ0) is 21.9. The van der Waals surface area contributed by atoms with Gasteiger partial charge in [-0.15, -0.1) is 0 Å². The second-order valence-electron chi connectivity index (χ2n) is 7.81. The average Bonchev–Trinajstić information content (AvgIpc) is 2.68. The topological polar surface area (TPSA) is 100 Å². The van der Waals surface area contributed by atoms with Crippen molar-refractivity contribution in [2.24, 2.45) is 0 Å². The number of nitrogens with zero attached hydrogens (tertiary/aromatic N) is 2. The van der Waals surface area contributed by atoms with Crippen LogP contribution >= 0.6 is 11.6 Å². The molecule has 0 saturated carbocycles. The number of phenols is 2. The summed E-state index contributed by atoms with van der Waals surface area (Å²) in [4.78, 5) is 7.24. The zero-order valence-corrected chi connectivity index (χ0v) is 18.8. The predicted molar refractivity (Wildman–Crippen MR) is 116 cm³/mol. The lowest BCUT2D eigenvalue weighted by Gasteiger charge is -2.24. The minimum Gasteiger partial charge on any atom is -0.507 e. The maximum absolute atomic E-state index is 13.4. The molecule has 0 bridgehead atoms. The van der Waals surface area contributed by atoms with Crippen molar-refractivity contribution in [1.29, 1.82) is 0 Å². The van der Waals surface area contributed by atoms with Crippen LogP contribution in [0, 0.1) is 0 Å². The molecule has 8 heteroatoms. The van der Waals surface area contributed by atoms with Gasteiger partial charge in [-0.05, 0) is 62.3 Å². The van der Waals surface area contributed by atoms with Crippen LogP contribution in [-0.4, -0.2) is 28.6 Å². The van der Waals surface area contributed by atoms with Crippen molar-refractivity contribution < 1.29 is 18.6 Å². The van der Waals surface area contributed by atoms with E-state index in [2.05, 4.69) is 16.9 Å². The van der Waals surface area contributed by atoms with Gasteiger partial charge in [-0.25, -0.2) is 18.4 Å². The standard InChI is InChI=1S/C22H27ClN2O4S/c1-3-4-5-8-16-11-18(26)19(15-9-6-7-14(2)10-15)20(27)21(16)30(28,29)17-12-24-22(23)25-13-17/h10-13,15,26-27H,3-9H2,1-2H3. The summed E-state index contributed by atoms with van der Waals surface area (Å²) in [6.07, 6.45) is 9.93. The second-order valence-corrected chi connectivity index (χ2v) is 10.0. The first-order valence-corrected chi connectivity index (χ1v) is 12.1. The third-order valence-corrected chi connectivity index (χ3v) is 7.54. The van der Waals surface area contributed by atoms with Gasteiger partial charge in [0.25, 0.3) is 0 Å². The Morgan fingerprint density at radius 3 is 2.53 bits per heavy atom. The van der Waals surface area contributed by atoms with Crippen molar-refractivity contribution >= 4 is 21.4 Å². The summed E-state index contributed by atoms with van der Waals surface area (Å²) in [7, 11) is -4.11. The summed E-state index contributed by atoms with van der Waals surface area (Å²) >= 11 is 5.71. The number of aryl methyl sites for hydroxylation is 1. The van der Waals surface area contributed by atoms with E-state index in [4.69, 9.17) is 11.6 Å². The van der Waals surface area contributed by atoms with Gasteiger partial charge in [0, 0.05) is 11.5 Å². The van der Waals surface area contributed by atoms with Crippen LogP contribution in [0.25, 0.3) is 0 Å². The highest BCUT2D eigenvalue weighted by atomic mass is 35.5. The van der Waals surface area contributed by atoms with Crippen molar-refractivity contribution in [1.82, 2.24) is 9.97 Å². The SMILES string of the molecule is CCCCCc1cc(O)c(C2C=C(C)CCC2)c(O)c1S(=O)(=O)c1cnc(Cl)nc1. The third-order valence-electron chi connectivity index (χ3n) is 5.52. The van der Waals surface area contributed by atoms with Gasteiger partial charge in [-0.2, -0.15) is 0 Å². The summed E-state index contributed by atoms with van der Waals surface area (Å²) < 4.78 is 26.9. The summed E-state index contributed by atoms with van der Waals surface area (Å²) in [5.41, 5.74) is 1.82. The van der Waals surface area contributed by atoms with Crippen molar-refractivity contribution in [3.63, 3.8) is 0 Å². The van der Waals surface area contributed by atoms with Crippen LogP contribution in [0.5, 0.6) is 11.5 Å². The Balaban J connectivity index is 2.20. The lowest BCUT2D eigenvalue weighted by Crippen LogP contribution is -2.11. The number of hydrogen-bond donors (Lipinski definition) is 2. The molecule has 1 atom stereocenters. The van der Waals surface area contributed by atoms with Crippen molar-refractivity contribution in [3.8, 4) is 11.5 Å². The zero-order valence-electron chi connectivity index (χ0n) is 17.2. The predicted octanol–water partition coefficient (Wildman–Crippen LogP) is 5.32. The van der Waals surface area contributed by atoms with Crippen molar-refractivity contribution in [2.75, 3.05) is 0 Å². The number of aromatic nitrogens is 2. The van der Waals surface area contributed by atoms with Crippen LogP contribution < -0.4 is 0 Å². The molecule has 1 aromatic heterocycles. The summed E-state index contributed by atoms with van der Waals surface area (Å²) in [6, 6.07) is 1.49. The quantitative estimate of drug-likeness (QED) is 0.336. The van der Waals surface area contributed by atoms with Gasteiger partial charge in [0.15, 0.2) is 0 Å². The van der Waals surface area contributed by atoms with Crippen molar-refractivity contribution in [2.45, 2.75) is 74.5 Å². The number of aromatic hydroxyl groups is 2. The molecule has 162 valence electrons. The molecule has 3 rings (SSSR count). The Labute approximate surface area is 182 Å². The molecule has 2 aromatic rings. The Morgan fingerprint density at radius 1 is 1.20 bits per heavy atom. The van der Waals surface area contributed by atoms with E-state index in [1.807, 2.05) is 13.0 Å². The molecule has 0 aliphatic heterocycles. The van der Waals surface area contributed by atoms with Crippen LogP contribution in [0.15, 0.2) is 39.9 Å². The van der Waals surface area contributed by atoms with E-state index >= 15 is 0 Å². The molecule has 1 aromatic carbocycles. The van der Waals surface area contributed by atoms with Gasteiger partial charge in [-0.1, -0.05) is 31.4 Å². The third kappa shape index (κ3) is 4.62. The largest absolute Gasteiger partial charge is 0.507 e. The molecule has 0 fully saturated rings. The van der Waals surface area contributed by atoms with Gasteiger partial charge in [0.05, 0.1) is 12.4 Å². The summed E-state index contributed by atoms with van der Waals surface area (Å²) in [5, 5.41) is 21.8. The lowest BCUT2D eigenvalue weighted by atomic mass is 9.84. The number of halogens is 1. The number of sulfone groups is 1. The normalized spacial score (nSPS) is 17.0. The van der Waals surface area contributed by atoms with Gasteiger partial charge >= 0.3 is 0 Å². The molecule has 0 saturated heterocycles. The highest BCUT2D eigenvalue weighted by molar-refractivity contribution is 7.91. The second kappa shape index (κ2) is 9.35. The molecular formula is C22H27ClN2O4S. The van der Waals surface area contributed by atoms with Gasteiger partial charge in [0.2, 0.25) is 15.1 Å². The van der Waals surface area contributed by atoms with E-state index in [0.29, 0.717) is 12.0 Å². The molecular weight excluding hydrogens is 424 g/mol. The summed E-state index contributed by atoms with van der Waals surface area (Å²) in [6.45, 7) is 4.06. The van der Waals surface area contributed by atoms with Crippen LogP contribution in [0.2, 0.25) is 5.28 Å². The van der Waals surface area contributed by atoms with E-state index in [0.717, 1.165) is 56.5 Å². The molecule has 1 aliphatic carbocycles. The van der Waals surface area contributed by atoms with Crippen LogP contribution in [0.3, 0.4) is 0 Å². The van der Waals surface area contributed by atoms with E-state index < -0.39 is 9.84 Å². The Morgan fingerprint density at radius 2 is 1.90 bits per heavy atom. The first-order chi connectivity index (χ1) is 14.3. The highest BCUT2D eigenvalue weighted by Crippen LogP contribution is 2.46. The number of hydrogen-bond acceptors (Lipinski definition) is 6. The van der Waals surface area contributed by atoms with E-state index in [1.165, 1.54) is 6.07 Å². The fraction of sp³-hybridized carbons (Fsp3) is 0.455. The molecule has 1 heterocycles. The minimum absolute atomic E-state index is 0.0597. The van der Waals surface area contributed by atoms with E-state index in [-0.39, 0.29) is 38.1 Å². The maximum atomic E-state index is 13.4. The van der Waals surface area contributed by atoms with Crippen molar-refractivity contribution in [3.05, 3.63) is 46.5 Å². The molecule has 1 unspecified atom stereocenters. The van der Waals surface area contributed by atoms with E-state index in [1.54, 1.807) is 0 Å². The maximum Gasteiger partial charge on any atom is 0.222 e. The summed E-state index contributed by atoms with van der Waals surface area (Å²) in [5.74, 6) is -0.687. The number of phenolic OH excluding ortho intramolecular Hbond substituents is 2. The molecule has 1 aliphatic rings. The number of benzene rings is 1. The van der Waals surface area contributed by atoms with Gasteiger partial charge < -0.3 is 10.2 Å². The number of allylic oxidation sites excluding steroid dienone is 2. The van der Waals surface area contributed by atoms with E-state index in [9.17, 15) is 18.6 Å². The van der Waals surface area contributed by atoms with Crippen LogP contribution in [0.1, 0.15) is 69.4 Å². The molecule has 0 radical (unpaired) electrons. The highest BCUT2D eigenvalue weighted by Gasteiger charge is 2.32. The Kier molecular flexibility index (Phi) is 7.03. The first-order valence-electron chi connectivity index (χ1n) is 10.2. The van der Waals surface area contributed by atoms with Crippen LogP contribution in [0.4, 0.5) is 0 Å². The molecule has 6 nitrogen and oxygen atoms in total. The first kappa shape index (κ1) is 22.6. The Bertz CT molecular complexity index is 1050. The molecule has 30 heavy (non-hydrogen) atoms.